The summed E-state index contributed by atoms with van der Waals surface area (Å²) in [6, 6.07) is 6.52. The Morgan fingerprint density at radius 1 is 1.53 bits per heavy atom. The Bertz CT molecular complexity index is 392. The zero-order valence-electron chi connectivity index (χ0n) is 8.59. The average molecular weight is 225 g/mol. The molecule has 1 amide bonds. The van der Waals surface area contributed by atoms with Gasteiger partial charge in [0, 0.05) is 19.3 Å². The molecule has 4 heteroatoms. The van der Waals surface area contributed by atoms with Crippen molar-refractivity contribution in [2.45, 2.75) is 13.0 Å². The van der Waals surface area contributed by atoms with E-state index in [1.807, 2.05) is 19.2 Å². The van der Waals surface area contributed by atoms with Crippen LogP contribution in [-0.4, -0.2) is 19.0 Å². The maximum atomic E-state index is 11.4. The molecule has 2 rings (SSSR count). The van der Waals surface area contributed by atoms with Crippen LogP contribution in [0.15, 0.2) is 18.2 Å². The van der Waals surface area contributed by atoms with Gasteiger partial charge in [-0.05, 0) is 17.2 Å². The van der Waals surface area contributed by atoms with E-state index >= 15 is 0 Å². The molecule has 0 aliphatic carbocycles. The van der Waals surface area contributed by atoms with Crippen molar-refractivity contribution in [3.63, 3.8) is 0 Å². The monoisotopic (exact) mass is 224 g/mol. The smallest absolute Gasteiger partial charge is 0.231 e. The van der Waals surface area contributed by atoms with Crippen LogP contribution in [0, 0.1) is 0 Å². The molecule has 80 valence electrons. The third kappa shape index (κ3) is 1.98. The van der Waals surface area contributed by atoms with Gasteiger partial charge in [-0.25, -0.2) is 0 Å². The lowest BCUT2D eigenvalue weighted by Crippen LogP contribution is -2.20. The Kier molecular flexibility index (Phi) is 2.93. The third-order valence-electron chi connectivity index (χ3n) is 2.64. The molecule has 0 saturated heterocycles. The molecule has 0 aromatic heterocycles. The number of nitrogens with zero attached hydrogens (tertiary/aromatic N) is 1. The number of alkyl halides is 1. The first kappa shape index (κ1) is 10.5. The first-order chi connectivity index (χ1) is 7.22. The first-order valence-corrected chi connectivity index (χ1v) is 5.41. The van der Waals surface area contributed by atoms with Gasteiger partial charge >= 0.3 is 0 Å². The molecule has 0 bridgehead atoms. The van der Waals surface area contributed by atoms with Crippen LogP contribution in [0.2, 0.25) is 0 Å². The summed E-state index contributed by atoms with van der Waals surface area (Å²) in [7, 11) is 1.81. The summed E-state index contributed by atoms with van der Waals surface area (Å²) < 4.78 is 0. The molecule has 0 unspecified atom stereocenters. The van der Waals surface area contributed by atoms with Crippen molar-refractivity contribution in [1.29, 1.82) is 0 Å². The lowest BCUT2D eigenvalue weighted by Gasteiger charge is -2.10. The lowest BCUT2D eigenvalue weighted by molar-refractivity contribution is -0.117. The van der Waals surface area contributed by atoms with Crippen molar-refractivity contribution in [2.24, 2.45) is 0 Å². The maximum absolute atomic E-state index is 11.4. The van der Waals surface area contributed by atoms with Gasteiger partial charge in [-0.15, -0.1) is 11.6 Å². The number of carbonyl (C=O) groups is 1. The molecule has 15 heavy (non-hydrogen) atoms. The van der Waals surface area contributed by atoms with E-state index in [2.05, 4.69) is 11.4 Å². The summed E-state index contributed by atoms with van der Waals surface area (Å²) >= 11 is 5.54. The van der Waals surface area contributed by atoms with E-state index in [1.165, 1.54) is 0 Å². The highest BCUT2D eigenvalue weighted by molar-refractivity contribution is 6.17. The minimum absolute atomic E-state index is 0.160. The number of hydrogen-bond donors (Lipinski definition) is 1. The normalized spacial score (nSPS) is 14.5. The molecule has 1 aromatic carbocycles. The molecule has 1 aromatic rings. The summed E-state index contributed by atoms with van der Waals surface area (Å²) in [5.74, 6) is 0.160. The molecule has 1 aliphatic heterocycles. The van der Waals surface area contributed by atoms with Crippen molar-refractivity contribution >= 4 is 23.2 Å². The first-order valence-electron chi connectivity index (χ1n) is 4.87. The van der Waals surface area contributed by atoms with E-state index in [0.717, 1.165) is 23.4 Å². The lowest BCUT2D eigenvalue weighted by atomic mass is 10.1. The minimum Gasteiger partial charge on any atom is -0.315 e. The van der Waals surface area contributed by atoms with Crippen LogP contribution in [-0.2, 0) is 17.8 Å². The molecule has 0 fully saturated rings. The maximum Gasteiger partial charge on any atom is 0.231 e. The SMILES string of the molecule is CN1C(=O)Cc2cc(CNCCl)ccc21. The van der Waals surface area contributed by atoms with Crippen LogP contribution in [0.1, 0.15) is 11.1 Å². The zero-order valence-corrected chi connectivity index (χ0v) is 9.34. The quantitative estimate of drug-likeness (QED) is 0.623. The number of likely N-dealkylation sites (N-methyl/N-ethyl adjacent to an activating group) is 1. The van der Waals surface area contributed by atoms with Crippen molar-refractivity contribution < 1.29 is 4.79 Å². The minimum atomic E-state index is 0.160. The second kappa shape index (κ2) is 4.21. The van der Waals surface area contributed by atoms with Crippen molar-refractivity contribution in [1.82, 2.24) is 5.32 Å². The number of hydrogen-bond acceptors (Lipinski definition) is 2. The van der Waals surface area contributed by atoms with Crippen LogP contribution in [0.3, 0.4) is 0 Å². The van der Waals surface area contributed by atoms with Crippen LogP contribution < -0.4 is 10.2 Å². The van der Waals surface area contributed by atoms with Gasteiger partial charge in [0.25, 0.3) is 0 Å². The number of rotatable bonds is 3. The molecular formula is C11H13ClN2O. The van der Waals surface area contributed by atoms with Gasteiger partial charge in [0.1, 0.15) is 0 Å². The van der Waals surface area contributed by atoms with Crippen molar-refractivity contribution in [3.8, 4) is 0 Å². The van der Waals surface area contributed by atoms with E-state index in [9.17, 15) is 4.79 Å². The fourth-order valence-electron chi connectivity index (χ4n) is 1.83. The van der Waals surface area contributed by atoms with Crippen LogP contribution in [0.5, 0.6) is 0 Å². The standard InChI is InChI=1S/C11H13ClN2O/c1-14-10-3-2-8(6-13-7-12)4-9(10)5-11(14)15/h2-4,13H,5-7H2,1H3. The highest BCUT2D eigenvalue weighted by Crippen LogP contribution is 2.28. The Morgan fingerprint density at radius 2 is 2.33 bits per heavy atom. The number of nitrogens with one attached hydrogen (secondary N) is 1. The van der Waals surface area contributed by atoms with E-state index in [-0.39, 0.29) is 5.91 Å². The fraction of sp³-hybridized carbons (Fsp3) is 0.364. The summed E-state index contributed by atoms with van der Waals surface area (Å²) in [5, 5.41) is 3.05. The summed E-state index contributed by atoms with van der Waals surface area (Å²) in [5.41, 5.74) is 3.29. The number of fused-ring (bicyclic) bond motifs is 1. The van der Waals surface area contributed by atoms with Crippen molar-refractivity contribution in [3.05, 3.63) is 29.3 Å². The Morgan fingerprint density at radius 3 is 3.07 bits per heavy atom. The molecule has 0 atom stereocenters. The molecule has 3 nitrogen and oxygen atoms in total. The summed E-state index contributed by atoms with van der Waals surface area (Å²) in [4.78, 5) is 13.1. The number of amides is 1. The molecule has 0 radical (unpaired) electrons. The topological polar surface area (TPSA) is 32.3 Å². The Labute approximate surface area is 94.0 Å². The van der Waals surface area contributed by atoms with Gasteiger partial charge in [-0.3, -0.25) is 10.1 Å². The van der Waals surface area contributed by atoms with Gasteiger partial charge in [0.15, 0.2) is 0 Å². The van der Waals surface area contributed by atoms with Gasteiger partial charge < -0.3 is 4.90 Å². The third-order valence-corrected chi connectivity index (χ3v) is 2.83. The van der Waals surface area contributed by atoms with E-state index < -0.39 is 0 Å². The van der Waals surface area contributed by atoms with Gasteiger partial charge in [0.2, 0.25) is 5.91 Å². The average Bonchev–Trinajstić information content (AvgIpc) is 2.52. The van der Waals surface area contributed by atoms with Gasteiger partial charge in [-0.1, -0.05) is 12.1 Å². The van der Waals surface area contributed by atoms with E-state index in [0.29, 0.717) is 12.4 Å². The number of halogens is 1. The van der Waals surface area contributed by atoms with Gasteiger partial charge in [0.05, 0.1) is 12.4 Å². The predicted molar refractivity (Wildman–Crippen MR) is 61.1 cm³/mol. The van der Waals surface area contributed by atoms with Crippen LogP contribution >= 0.6 is 11.6 Å². The largest absolute Gasteiger partial charge is 0.315 e. The second-order valence-corrected chi connectivity index (χ2v) is 3.92. The summed E-state index contributed by atoms with van der Waals surface area (Å²) in [6.07, 6.45) is 0.514. The van der Waals surface area contributed by atoms with E-state index in [1.54, 1.807) is 4.90 Å². The molecule has 0 spiro atoms. The second-order valence-electron chi connectivity index (χ2n) is 3.65. The zero-order chi connectivity index (χ0) is 10.8. The van der Waals surface area contributed by atoms with Crippen LogP contribution in [0.4, 0.5) is 5.69 Å². The molecular weight excluding hydrogens is 212 g/mol. The fourth-order valence-corrected chi connectivity index (χ4v) is 1.92. The highest BCUT2D eigenvalue weighted by Gasteiger charge is 2.23. The molecule has 0 saturated carbocycles. The number of anilines is 1. The number of carbonyl (C=O) groups excluding carboxylic acids is 1. The Hall–Kier alpha value is -1.06. The molecule has 1 aliphatic rings. The molecule has 1 heterocycles. The van der Waals surface area contributed by atoms with Crippen LogP contribution in [0.25, 0.3) is 0 Å². The number of benzene rings is 1. The van der Waals surface area contributed by atoms with Gasteiger partial charge in [-0.2, -0.15) is 0 Å². The summed E-state index contributed by atoms with van der Waals surface area (Å²) in [6.45, 7) is 0.745. The molecule has 1 N–H and O–H groups in total. The van der Waals surface area contributed by atoms with E-state index in [4.69, 9.17) is 11.6 Å². The predicted octanol–water partition coefficient (Wildman–Crippen LogP) is 1.49. The van der Waals surface area contributed by atoms with Crippen molar-refractivity contribution in [2.75, 3.05) is 18.0 Å². The Balaban J connectivity index is 2.22. The highest BCUT2D eigenvalue weighted by atomic mass is 35.5.